The van der Waals surface area contributed by atoms with Gasteiger partial charge in [-0.15, -0.1) is 0 Å². The standard InChI is InChI=1S/C13H20ClN3O2/c1-4-17(8-13(2,3)18)11-6-5-9(7-10(11)14)12(15)16-19/h5-7,18-19H,4,8H2,1-3H3,(H2,15,16). The molecule has 0 fully saturated rings. The van der Waals surface area contributed by atoms with E-state index in [1.807, 2.05) is 11.8 Å². The average Bonchev–Trinajstić information content (AvgIpc) is 2.34. The molecule has 4 N–H and O–H groups in total. The molecule has 0 aliphatic heterocycles. The maximum atomic E-state index is 9.90. The first kappa shape index (κ1) is 15.6. The monoisotopic (exact) mass is 285 g/mol. The van der Waals surface area contributed by atoms with Crippen molar-refractivity contribution in [2.24, 2.45) is 10.9 Å². The molecule has 0 bridgehead atoms. The van der Waals surface area contributed by atoms with Crippen LogP contribution in [0.5, 0.6) is 0 Å². The van der Waals surface area contributed by atoms with Gasteiger partial charge in [0.25, 0.3) is 0 Å². The van der Waals surface area contributed by atoms with Crippen LogP contribution in [0.1, 0.15) is 26.3 Å². The summed E-state index contributed by atoms with van der Waals surface area (Å²) in [6, 6.07) is 5.16. The Morgan fingerprint density at radius 2 is 2.11 bits per heavy atom. The first-order valence-corrected chi connectivity index (χ1v) is 6.41. The van der Waals surface area contributed by atoms with Crippen LogP contribution in [0.25, 0.3) is 0 Å². The van der Waals surface area contributed by atoms with Crippen LogP contribution in [0.15, 0.2) is 23.4 Å². The Balaban J connectivity index is 3.07. The molecule has 0 unspecified atom stereocenters. The van der Waals surface area contributed by atoms with Crippen LogP contribution >= 0.6 is 11.6 Å². The summed E-state index contributed by atoms with van der Waals surface area (Å²) in [6.45, 7) is 6.65. The van der Waals surface area contributed by atoms with Gasteiger partial charge in [-0.05, 0) is 39.0 Å². The number of nitrogens with two attached hydrogens (primary N) is 1. The van der Waals surface area contributed by atoms with Crippen molar-refractivity contribution in [2.45, 2.75) is 26.4 Å². The number of oxime groups is 1. The van der Waals surface area contributed by atoms with Gasteiger partial charge >= 0.3 is 0 Å². The number of aliphatic hydroxyl groups is 1. The number of amidine groups is 1. The van der Waals surface area contributed by atoms with Gasteiger partial charge < -0.3 is 20.9 Å². The molecule has 0 aromatic heterocycles. The molecule has 1 aromatic rings. The number of likely N-dealkylation sites (N-methyl/N-ethyl adjacent to an activating group) is 1. The summed E-state index contributed by atoms with van der Waals surface area (Å²) in [5.74, 6) is 0.0130. The highest BCUT2D eigenvalue weighted by atomic mass is 35.5. The van der Waals surface area contributed by atoms with Gasteiger partial charge in [0.05, 0.1) is 16.3 Å². The molecule has 1 rings (SSSR count). The van der Waals surface area contributed by atoms with Crippen molar-refractivity contribution in [1.82, 2.24) is 0 Å². The zero-order valence-corrected chi connectivity index (χ0v) is 12.1. The van der Waals surface area contributed by atoms with E-state index in [-0.39, 0.29) is 5.84 Å². The summed E-state index contributed by atoms with van der Waals surface area (Å²) in [4.78, 5) is 1.97. The van der Waals surface area contributed by atoms with Crippen LogP contribution in [0.3, 0.4) is 0 Å². The predicted molar refractivity (Wildman–Crippen MR) is 78.1 cm³/mol. The lowest BCUT2D eigenvalue weighted by atomic mass is 10.1. The van der Waals surface area contributed by atoms with E-state index in [9.17, 15) is 5.11 Å². The smallest absolute Gasteiger partial charge is 0.170 e. The molecule has 106 valence electrons. The molecule has 19 heavy (non-hydrogen) atoms. The van der Waals surface area contributed by atoms with E-state index < -0.39 is 5.60 Å². The summed E-state index contributed by atoms with van der Waals surface area (Å²) < 4.78 is 0. The Hall–Kier alpha value is -1.46. The molecule has 0 amide bonds. The lowest BCUT2D eigenvalue weighted by Gasteiger charge is -2.30. The van der Waals surface area contributed by atoms with Crippen LogP contribution in [0, 0.1) is 0 Å². The van der Waals surface area contributed by atoms with Gasteiger partial charge in [0.1, 0.15) is 0 Å². The summed E-state index contributed by atoms with van der Waals surface area (Å²) in [6.07, 6.45) is 0. The summed E-state index contributed by atoms with van der Waals surface area (Å²) in [5.41, 5.74) is 6.05. The molecular formula is C13H20ClN3O2. The van der Waals surface area contributed by atoms with Gasteiger partial charge in [0.2, 0.25) is 0 Å². The molecule has 0 saturated heterocycles. The van der Waals surface area contributed by atoms with Crippen molar-refractivity contribution in [2.75, 3.05) is 18.0 Å². The van der Waals surface area contributed by atoms with Gasteiger partial charge in [-0.25, -0.2) is 0 Å². The van der Waals surface area contributed by atoms with Crippen molar-refractivity contribution < 1.29 is 10.3 Å². The molecule has 0 radical (unpaired) electrons. The molecule has 0 aliphatic rings. The van der Waals surface area contributed by atoms with Crippen LogP contribution in [-0.4, -0.2) is 34.8 Å². The summed E-state index contributed by atoms with van der Waals surface area (Å²) in [7, 11) is 0. The van der Waals surface area contributed by atoms with Crippen LogP contribution in [0.2, 0.25) is 5.02 Å². The number of nitrogens with zero attached hydrogens (tertiary/aromatic N) is 2. The van der Waals surface area contributed by atoms with Gasteiger partial charge in [0.15, 0.2) is 5.84 Å². The Labute approximate surface area is 118 Å². The van der Waals surface area contributed by atoms with Crippen molar-refractivity contribution in [3.05, 3.63) is 28.8 Å². The average molecular weight is 286 g/mol. The zero-order chi connectivity index (χ0) is 14.6. The second-order valence-corrected chi connectivity index (χ2v) is 5.39. The Bertz CT molecular complexity index is 469. The number of hydrogen-bond acceptors (Lipinski definition) is 4. The fourth-order valence-corrected chi connectivity index (χ4v) is 2.11. The van der Waals surface area contributed by atoms with Gasteiger partial charge in [-0.1, -0.05) is 16.8 Å². The van der Waals surface area contributed by atoms with Crippen molar-refractivity contribution in [3.63, 3.8) is 0 Å². The minimum Gasteiger partial charge on any atom is -0.409 e. The molecule has 0 aliphatic carbocycles. The minimum absolute atomic E-state index is 0.0130. The molecular weight excluding hydrogens is 266 g/mol. The summed E-state index contributed by atoms with van der Waals surface area (Å²) in [5, 5.41) is 22.0. The molecule has 0 saturated carbocycles. The number of rotatable bonds is 5. The summed E-state index contributed by atoms with van der Waals surface area (Å²) >= 11 is 6.22. The third-order valence-electron chi connectivity index (χ3n) is 2.65. The second kappa shape index (κ2) is 6.12. The lowest BCUT2D eigenvalue weighted by Crippen LogP contribution is -2.38. The number of halogens is 1. The van der Waals surface area contributed by atoms with E-state index in [4.69, 9.17) is 22.5 Å². The highest BCUT2D eigenvalue weighted by molar-refractivity contribution is 6.33. The normalized spacial score (nSPS) is 12.6. The lowest BCUT2D eigenvalue weighted by molar-refractivity contribution is 0.0876. The van der Waals surface area contributed by atoms with E-state index in [0.717, 1.165) is 5.69 Å². The number of hydrogen-bond donors (Lipinski definition) is 3. The van der Waals surface area contributed by atoms with E-state index in [2.05, 4.69) is 5.16 Å². The molecule has 5 nitrogen and oxygen atoms in total. The van der Waals surface area contributed by atoms with Crippen LogP contribution in [-0.2, 0) is 0 Å². The SMILES string of the molecule is CCN(CC(C)(C)O)c1ccc(C(N)=NO)cc1Cl. The van der Waals surface area contributed by atoms with Gasteiger partial charge in [-0.2, -0.15) is 0 Å². The van der Waals surface area contributed by atoms with E-state index in [1.54, 1.807) is 32.0 Å². The highest BCUT2D eigenvalue weighted by Crippen LogP contribution is 2.28. The predicted octanol–water partition coefficient (Wildman–Crippen LogP) is 2.03. The Kier molecular flexibility index (Phi) is 5.03. The third kappa shape index (κ3) is 4.29. The second-order valence-electron chi connectivity index (χ2n) is 4.98. The largest absolute Gasteiger partial charge is 0.409 e. The third-order valence-corrected chi connectivity index (χ3v) is 2.95. The van der Waals surface area contributed by atoms with Crippen molar-refractivity contribution in [1.29, 1.82) is 0 Å². The van der Waals surface area contributed by atoms with Gasteiger partial charge in [-0.3, -0.25) is 0 Å². The zero-order valence-electron chi connectivity index (χ0n) is 11.4. The maximum Gasteiger partial charge on any atom is 0.170 e. The number of benzene rings is 1. The molecule has 0 atom stereocenters. The molecule has 1 aromatic carbocycles. The van der Waals surface area contributed by atoms with E-state index >= 15 is 0 Å². The first-order chi connectivity index (χ1) is 8.78. The molecule has 0 spiro atoms. The maximum absolute atomic E-state index is 9.90. The molecule has 0 heterocycles. The fourth-order valence-electron chi connectivity index (χ4n) is 1.81. The van der Waals surface area contributed by atoms with Crippen LogP contribution in [0.4, 0.5) is 5.69 Å². The first-order valence-electron chi connectivity index (χ1n) is 6.03. The molecule has 6 heteroatoms. The highest BCUT2D eigenvalue weighted by Gasteiger charge is 2.19. The van der Waals surface area contributed by atoms with Crippen LogP contribution < -0.4 is 10.6 Å². The van der Waals surface area contributed by atoms with Crippen molar-refractivity contribution in [3.8, 4) is 0 Å². The van der Waals surface area contributed by atoms with Gasteiger partial charge in [0, 0.05) is 18.7 Å². The Morgan fingerprint density at radius 3 is 2.53 bits per heavy atom. The minimum atomic E-state index is -0.816. The quantitative estimate of drug-likeness (QED) is 0.335. The van der Waals surface area contributed by atoms with E-state index in [0.29, 0.717) is 23.7 Å². The van der Waals surface area contributed by atoms with Crippen molar-refractivity contribution >= 4 is 23.1 Å². The fraction of sp³-hybridized carbons (Fsp3) is 0.462. The Morgan fingerprint density at radius 1 is 1.47 bits per heavy atom. The number of anilines is 1. The topological polar surface area (TPSA) is 82.1 Å². The van der Waals surface area contributed by atoms with E-state index in [1.165, 1.54) is 0 Å².